The molecule has 2 bridgehead atoms. The van der Waals surface area contributed by atoms with E-state index in [1.807, 2.05) is 6.07 Å². The summed E-state index contributed by atoms with van der Waals surface area (Å²) in [6.07, 6.45) is 4.19. The van der Waals surface area contributed by atoms with Gasteiger partial charge in [-0.2, -0.15) is 0 Å². The van der Waals surface area contributed by atoms with E-state index >= 15 is 0 Å². The molecular formula is C19H20F2N2O. The first kappa shape index (κ1) is 15.5. The highest BCUT2D eigenvalue weighted by atomic mass is 19.2. The molecule has 0 saturated carbocycles. The highest BCUT2D eigenvalue weighted by Crippen LogP contribution is 2.34. The van der Waals surface area contributed by atoms with E-state index in [-0.39, 0.29) is 6.10 Å². The Morgan fingerprint density at radius 2 is 1.79 bits per heavy atom. The van der Waals surface area contributed by atoms with Crippen LogP contribution in [-0.2, 0) is 0 Å². The van der Waals surface area contributed by atoms with Gasteiger partial charge in [0.25, 0.3) is 0 Å². The van der Waals surface area contributed by atoms with Gasteiger partial charge < -0.3 is 4.74 Å². The van der Waals surface area contributed by atoms with Gasteiger partial charge in [0, 0.05) is 23.9 Å². The third kappa shape index (κ3) is 2.77. The number of hydrogen-bond donors (Lipinski definition) is 0. The lowest BCUT2D eigenvalue weighted by molar-refractivity contribution is -0.0525. The first-order chi connectivity index (χ1) is 11.6. The fraction of sp³-hybridized carbons (Fsp3) is 0.421. The zero-order chi connectivity index (χ0) is 16.7. The van der Waals surface area contributed by atoms with Crippen LogP contribution in [0.3, 0.4) is 0 Å². The maximum Gasteiger partial charge on any atom is 0.213 e. The van der Waals surface area contributed by atoms with E-state index in [4.69, 9.17) is 4.74 Å². The topological polar surface area (TPSA) is 25.4 Å². The summed E-state index contributed by atoms with van der Waals surface area (Å²) in [6, 6.07) is 7.91. The fourth-order valence-corrected chi connectivity index (χ4v) is 3.89. The van der Waals surface area contributed by atoms with Crippen LogP contribution in [0.2, 0.25) is 0 Å². The average molecular weight is 330 g/mol. The van der Waals surface area contributed by atoms with Crippen LogP contribution < -0.4 is 4.74 Å². The number of ether oxygens (including phenoxy) is 1. The van der Waals surface area contributed by atoms with E-state index in [1.54, 1.807) is 18.3 Å². The van der Waals surface area contributed by atoms with Crippen LogP contribution in [0.4, 0.5) is 8.78 Å². The molecule has 4 heterocycles. The molecule has 2 atom stereocenters. The van der Waals surface area contributed by atoms with Crippen molar-refractivity contribution in [2.24, 2.45) is 5.92 Å². The Labute approximate surface area is 140 Å². The zero-order valence-corrected chi connectivity index (χ0v) is 13.6. The summed E-state index contributed by atoms with van der Waals surface area (Å²) in [4.78, 5) is 6.83. The number of benzene rings is 1. The number of rotatable bonds is 3. The summed E-state index contributed by atoms with van der Waals surface area (Å²) in [7, 11) is 0. The van der Waals surface area contributed by atoms with Gasteiger partial charge in [-0.1, -0.05) is 6.07 Å². The van der Waals surface area contributed by atoms with Gasteiger partial charge in [0.2, 0.25) is 5.88 Å². The minimum atomic E-state index is -0.853. The quantitative estimate of drug-likeness (QED) is 0.854. The molecule has 3 fully saturated rings. The summed E-state index contributed by atoms with van der Waals surface area (Å²) in [5.74, 6) is -0.512. The molecule has 3 aliphatic rings. The molecule has 0 unspecified atom stereocenters. The Hall–Kier alpha value is -2.01. The number of halogens is 2. The summed E-state index contributed by atoms with van der Waals surface area (Å²) >= 11 is 0. The molecule has 0 N–H and O–H groups in total. The van der Waals surface area contributed by atoms with Crippen LogP contribution in [-0.4, -0.2) is 35.1 Å². The Morgan fingerprint density at radius 3 is 2.42 bits per heavy atom. The molecular weight excluding hydrogens is 310 g/mol. The first-order valence-electron chi connectivity index (χ1n) is 8.44. The summed E-state index contributed by atoms with van der Waals surface area (Å²) in [6.45, 7) is 4.54. The van der Waals surface area contributed by atoms with Crippen LogP contribution >= 0.6 is 0 Å². The number of pyridine rings is 1. The number of hydrogen-bond acceptors (Lipinski definition) is 3. The maximum atomic E-state index is 13.4. The van der Waals surface area contributed by atoms with Crippen LogP contribution in [0.5, 0.6) is 5.88 Å². The van der Waals surface area contributed by atoms with Gasteiger partial charge in [-0.3, -0.25) is 4.90 Å². The third-order valence-corrected chi connectivity index (χ3v) is 5.34. The number of piperidine rings is 3. The SMILES string of the molecule is C[C@H]1[C@H](Oc2ccc(-c3ccc(F)c(F)c3)cn2)C2CCN1CC2. The lowest BCUT2D eigenvalue weighted by Crippen LogP contribution is -2.58. The smallest absolute Gasteiger partial charge is 0.213 e. The number of fused-ring (bicyclic) bond motifs is 3. The van der Waals surface area contributed by atoms with Gasteiger partial charge in [-0.15, -0.1) is 0 Å². The molecule has 24 heavy (non-hydrogen) atoms. The highest BCUT2D eigenvalue weighted by molar-refractivity contribution is 5.62. The molecule has 5 rings (SSSR count). The van der Waals surface area contributed by atoms with Crippen molar-refractivity contribution in [2.75, 3.05) is 13.1 Å². The van der Waals surface area contributed by atoms with Gasteiger partial charge >= 0.3 is 0 Å². The van der Waals surface area contributed by atoms with Crippen LogP contribution in [0.25, 0.3) is 11.1 Å². The summed E-state index contributed by atoms with van der Waals surface area (Å²) < 4.78 is 32.5. The van der Waals surface area contributed by atoms with Crippen molar-refractivity contribution in [3.63, 3.8) is 0 Å². The lowest BCUT2D eigenvalue weighted by atomic mass is 9.81. The molecule has 2 aromatic rings. The van der Waals surface area contributed by atoms with E-state index in [1.165, 1.54) is 18.9 Å². The van der Waals surface area contributed by atoms with Gasteiger partial charge in [-0.05, 0) is 62.5 Å². The van der Waals surface area contributed by atoms with Crippen molar-refractivity contribution in [2.45, 2.75) is 31.9 Å². The van der Waals surface area contributed by atoms with Gasteiger partial charge in [-0.25, -0.2) is 13.8 Å². The Morgan fingerprint density at radius 1 is 1.04 bits per heavy atom. The molecule has 5 heteroatoms. The number of aromatic nitrogens is 1. The second kappa shape index (κ2) is 6.13. The van der Waals surface area contributed by atoms with E-state index in [0.29, 0.717) is 23.4 Å². The van der Waals surface area contributed by atoms with Crippen LogP contribution in [0.1, 0.15) is 19.8 Å². The molecule has 3 nitrogen and oxygen atoms in total. The van der Waals surface area contributed by atoms with Crippen molar-refractivity contribution in [3.8, 4) is 17.0 Å². The Bertz CT molecular complexity index is 725. The summed E-state index contributed by atoms with van der Waals surface area (Å²) in [5, 5.41) is 0. The monoisotopic (exact) mass is 330 g/mol. The van der Waals surface area contributed by atoms with E-state index < -0.39 is 11.6 Å². The zero-order valence-electron chi connectivity index (χ0n) is 13.6. The molecule has 1 aromatic carbocycles. The molecule has 126 valence electrons. The minimum absolute atomic E-state index is 0.175. The maximum absolute atomic E-state index is 13.4. The molecule has 0 spiro atoms. The lowest BCUT2D eigenvalue weighted by Gasteiger charge is -2.49. The highest BCUT2D eigenvalue weighted by Gasteiger charge is 2.41. The summed E-state index contributed by atoms with van der Waals surface area (Å²) in [5.41, 5.74) is 1.34. The van der Waals surface area contributed by atoms with Gasteiger partial charge in [0.15, 0.2) is 11.6 Å². The molecule has 1 aromatic heterocycles. The molecule has 0 amide bonds. The largest absolute Gasteiger partial charge is 0.472 e. The predicted molar refractivity (Wildman–Crippen MR) is 87.8 cm³/mol. The van der Waals surface area contributed by atoms with E-state index in [0.717, 1.165) is 24.7 Å². The third-order valence-electron chi connectivity index (χ3n) is 5.34. The van der Waals surface area contributed by atoms with Crippen molar-refractivity contribution in [3.05, 3.63) is 48.2 Å². The van der Waals surface area contributed by atoms with Crippen molar-refractivity contribution < 1.29 is 13.5 Å². The van der Waals surface area contributed by atoms with Crippen LogP contribution in [0.15, 0.2) is 36.5 Å². The molecule has 0 aliphatic carbocycles. The molecule has 3 saturated heterocycles. The second-order valence-corrected chi connectivity index (χ2v) is 6.71. The standard InChI is InChI=1S/C19H20F2N2O/c1-12-19(13-6-8-23(12)9-7-13)24-18-5-3-15(11-22-18)14-2-4-16(20)17(21)10-14/h2-5,10-13,19H,6-9H2,1H3/t12-,19-/m0/s1. The average Bonchev–Trinajstić information content (AvgIpc) is 2.61. The predicted octanol–water partition coefficient (Wildman–Crippen LogP) is 3.89. The van der Waals surface area contributed by atoms with Crippen molar-refractivity contribution in [1.29, 1.82) is 0 Å². The number of nitrogens with zero attached hydrogens (tertiary/aromatic N) is 2. The van der Waals surface area contributed by atoms with Gasteiger partial charge in [0.05, 0.1) is 0 Å². The Kier molecular flexibility index (Phi) is 3.96. The first-order valence-corrected chi connectivity index (χ1v) is 8.44. The normalized spacial score (nSPS) is 28.8. The van der Waals surface area contributed by atoms with Gasteiger partial charge in [0.1, 0.15) is 6.10 Å². The fourth-order valence-electron chi connectivity index (χ4n) is 3.89. The van der Waals surface area contributed by atoms with Crippen LogP contribution in [0, 0.1) is 17.6 Å². The van der Waals surface area contributed by atoms with E-state index in [2.05, 4.69) is 16.8 Å². The molecule has 0 radical (unpaired) electrons. The second-order valence-electron chi connectivity index (χ2n) is 6.71. The van der Waals surface area contributed by atoms with Crippen molar-refractivity contribution in [1.82, 2.24) is 9.88 Å². The molecule has 3 aliphatic heterocycles. The minimum Gasteiger partial charge on any atom is -0.472 e. The van der Waals surface area contributed by atoms with Crippen molar-refractivity contribution >= 4 is 0 Å². The Balaban J connectivity index is 1.50. The van der Waals surface area contributed by atoms with E-state index in [9.17, 15) is 8.78 Å².